The summed E-state index contributed by atoms with van der Waals surface area (Å²) in [5.41, 5.74) is 0. The normalized spacial score (nSPS) is 27.1. The highest BCUT2D eigenvalue weighted by atomic mass is 16.5. The van der Waals surface area contributed by atoms with Crippen molar-refractivity contribution in [1.29, 1.82) is 0 Å². The number of carboxylic acid groups (broad SMARTS) is 1. The van der Waals surface area contributed by atoms with E-state index < -0.39 is 12.0 Å². The number of aliphatic hydroxyl groups is 1. The Bertz CT molecular complexity index is 185. The molecule has 1 saturated heterocycles. The summed E-state index contributed by atoms with van der Waals surface area (Å²) in [7, 11) is 0. The Balaban J connectivity index is 2.61. The van der Waals surface area contributed by atoms with Gasteiger partial charge in [0.05, 0.1) is 19.8 Å². The number of rotatable bonds is 3. The number of morpholine rings is 1. The highest BCUT2D eigenvalue weighted by Crippen LogP contribution is 2.10. The average molecular weight is 189 g/mol. The molecule has 0 saturated carbocycles. The molecule has 0 amide bonds. The molecule has 2 N–H and O–H groups in total. The first-order valence-electron chi connectivity index (χ1n) is 4.34. The number of hydrogen-bond acceptors (Lipinski definition) is 4. The van der Waals surface area contributed by atoms with E-state index in [4.69, 9.17) is 14.9 Å². The molecule has 13 heavy (non-hydrogen) atoms. The maximum absolute atomic E-state index is 10.8. The second kappa shape index (κ2) is 4.55. The summed E-state index contributed by atoms with van der Waals surface area (Å²) in [6, 6.07) is -0.735. The lowest BCUT2D eigenvalue weighted by molar-refractivity contribution is -0.151. The highest BCUT2D eigenvalue weighted by molar-refractivity contribution is 5.73. The Labute approximate surface area is 76.9 Å². The first-order chi connectivity index (χ1) is 6.16. The molecule has 0 spiro atoms. The summed E-state index contributed by atoms with van der Waals surface area (Å²) in [6.45, 7) is 3.09. The Hall–Kier alpha value is -0.650. The minimum Gasteiger partial charge on any atom is -0.480 e. The van der Waals surface area contributed by atoms with Crippen molar-refractivity contribution in [3.63, 3.8) is 0 Å². The molecule has 0 radical (unpaired) electrons. The highest BCUT2D eigenvalue weighted by Gasteiger charge is 2.31. The van der Waals surface area contributed by atoms with E-state index in [-0.39, 0.29) is 19.3 Å². The minimum atomic E-state index is -0.889. The van der Waals surface area contributed by atoms with Gasteiger partial charge in [-0.2, -0.15) is 0 Å². The average Bonchev–Trinajstić information content (AvgIpc) is 2.16. The zero-order valence-corrected chi connectivity index (χ0v) is 7.64. The summed E-state index contributed by atoms with van der Waals surface area (Å²) in [4.78, 5) is 12.5. The molecule has 0 aliphatic carbocycles. The van der Waals surface area contributed by atoms with Crippen LogP contribution < -0.4 is 0 Å². The van der Waals surface area contributed by atoms with Gasteiger partial charge in [-0.15, -0.1) is 0 Å². The third-order valence-electron chi connectivity index (χ3n) is 2.29. The predicted octanol–water partition coefficient (Wildman–Crippen LogP) is -0.847. The molecular weight excluding hydrogens is 174 g/mol. The van der Waals surface area contributed by atoms with Crippen molar-refractivity contribution in [2.45, 2.75) is 19.0 Å². The smallest absolute Gasteiger partial charge is 0.323 e. The second-order valence-electron chi connectivity index (χ2n) is 3.20. The van der Waals surface area contributed by atoms with Gasteiger partial charge in [0.1, 0.15) is 6.04 Å². The maximum Gasteiger partial charge on any atom is 0.323 e. The maximum atomic E-state index is 10.8. The SMILES string of the molecule is CC(CO)N1CCOCC1C(=O)O. The van der Waals surface area contributed by atoms with Crippen molar-refractivity contribution >= 4 is 5.97 Å². The molecule has 5 heteroatoms. The number of aliphatic carboxylic acids is 1. The van der Waals surface area contributed by atoms with Gasteiger partial charge in [0, 0.05) is 12.6 Å². The van der Waals surface area contributed by atoms with E-state index >= 15 is 0 Å². The summed E-state index contributed by atoms with van der Waals surface area (Å²) >= 11 is 0. The number of carbonyl (C=O) groups is 1. The molecule has 1 rings (SSSR count). The Morgan fingerprint density at radius 3 is 3.00 bits per heavy atom. The van der Waals surface area contributed by atoms with Crippen molar-refractivity contribution in [2.24, 2.45) is 0 Å². The summed E-state index contributed by atoms with van der Waals surface area (Å²) in [5, 5.41) is 17.8. The van der Waals surface area contributed by atoms with Gasteiger partial charge in [0.25, 0.3) is 0 Å². The van der Waals surface area contributed by atoms with Gasteiger partial charge in [0.2, 0.25) is 0 Å². The lowest BCUT2D eigenvalue weighted by Crippen LogP contribution is -2.54. The minimum absolute atomic E-state index is 0.0240. The van der Waals surface area contributed by atoms with Crippen LogP contribution in [0.25, 0.3) is 0 Å². The second-order valence-corrected chi connectivity index (χ2v) is 3.20. The molecule has 2 atom stereocenters. The molecule has 5 nitrogen and oxygen atoms in total. The topological polar surface area (TPSA) is 70.0 Å². The van der Waals surface area contributed by atoms with Gasteiger partial charge >= 0.3 is 5.97 Å². The van der Waals surface area contributed by atoms with E-state index in [1.165, 1.54) is 0 Å². The number of nitrogens with zero attached hydrogens (tertiary/aromatic N) is 1. The number of carboxylic acids is 1. The van der Waals surface area contributed by atoms with Gasteiger partial charge in [-0.25, -0.2) is 0 Å². The Morgan fingerprint density at radius 1 is 1.77 bits per heavy atom. The fourth-order valence-electron chi connectivity index (χ4n) is 1.46. The summed E-state index contributed by atoms with van der Waals surface area (Å²) < 4.78 is 5.06. The van der Waals surface area contributed by atoms with Crippen LogP contribution in [0.1, 0.15) is 6.92 Å². The van der Waals surface area contributed by atoms with Crippen LogP contribution in [0, 0.1) is 0 Å². The zero-order chi connectivity index (χ0) is 9.84. The monoisotopic (exact) mass is 189 g/mol. The number of aliphatic hydroxyl groups excluding tert-OH is 1. The fraction of sp³-hybridized carbons (Fsp3) is 0.875. The van der Waals surface area contributed by atoms with Crippen LogP contribution >= 0.6 is 0 Å². The molecule has 0 aromatic rings. The zero-order valence-electron chi connectivity index (χ0n) is 7.64. The van der Waals surface area contributed by atoms with E-state index in [1.807, 2.05) is 0 Å². The van der Waals surface area contributed by atoms with E-state index in [0.717, 1.165) is 0 Å². The third kappa shape index (κ3) is 2.40. The van der Waals surface area contributed by atoms with Crippen LogP contribution in [0.3, 0.4) is 0 Å². The van der Waals surface area contributed by atoms with Crippen molar-refractivity contribution < 1.29 is 19.7 Å². The van der Waals surface area contributed by atoms with E-state index in [2.05, 4.69) is 0 Å². The molecule has 0 aromatic heterocycles. The van der Waals surface area contributed by atoms with Gasteiger partial charge in [-0.3, -0.25) is 9.69 Å². The molecule has 1 aliphatic heterocycles. The Morgan fingerprint density at radius 2 is 2.46 bits per heavy atom. The van der Waals surface area contributed by atoms with Crippen LogP contribution in [0.15, 0.2) is 0 Å². The quantitative estimate of drug-likeness (QED) is 0.605. The van der Waals surface area contributed by atoms with E-state index in [9.17, 15) is 4.79 Å². The molecule has 0 aromatic carbocycles. The molecule has 1 heterocycles. The number of hydrogen-bond donors (Lipinski definition) is 2. The summed E-state index contributed by atoms with van der Waals surface area (Å²) in [6.07, 6.45) is 0. The van der Waals surface area contributed by atoms with E-state index in [0.29, 0.717) is 13.2 Å². The van der Waals surface area contributed by atoms with Crippen LogP contribution in [-0.4, -0.2) is 59.5 Å². The largest absolute Gasteiger partial charge is 0.480 e. The molecule has 0 bridgehead atoms. The van der Waals surface area contributed by atoms with Crippen molar-refractivity contribution in [1.82, 2.24) is 4.90 Å². The van der Waals surface area contributed by atoms with Crippen molar-refractivity contribution in [2.75, 3.05) is 26.4 Å². The van der Waals surface area contributed by atoms with Gasteiger partial charge in [-0.1, -0.05) is 0 Å². The predicted molar refractivity (Wildman–Crippen MR) is 45.5 cm³/mol. The van der Waals surface area contributed by atoms with Gasteiger partial charge < -0.3 is 14.9 Å². The standard InChI is InChI=1S/C8H15NO4/c1-6(4-10)9-2-3-13-5-7(9)8(11)12/h6-7,10H,2-5H2,1H3,(H,11,12). The van der Waals surface area contributed by atoms with E-state index in [1.54, 1.807) is 11.8 Å². The molecule has 2 unspecified atom stereocenters. The van der Waals surface area contributed by atoms with Gasteiger partial charge in [-0.05, 0) is 6.92 Å². The number of ether oxygens (including phenoxy) is 1. The lowest BCUT2D eigenvalue weighted by Gasteiger charge is -2.36. The third-order valence-corrected chi connectivity index (χ3v) is 2.29. The molecule has 1 aliphatic rings. The summed E-state index contributed by atoms with van der Waals surface area (Å²) in [5.74, 6) is -0.889. The lowest BCUT2D eigenvalue weighted by atomic mass is 10.1. The van der Waals surface area contributed by atoms with Crippen molar-refractivity contribution in [3.8, 4) is 0 Å². The Kier molecular flexibility index (Phi) is 3.65. The van der Waals surface area contributed by atoms with Crippen molar-refractivity contribution in [3.05, 3.63) is 0 Å². The van der Waals surface area contributed by atoms with Crippen LogP contribution in [0.2, 0.25) is 0 Å². The van der Waals surface area contributed by atoms with Crippen LogP contribution in [-0.2, 0) is 9.53 Å². The first kappa shape index (κ1) is 10.4. The van der Waals surface area contributed by atoms with Crippen LogP contribution in [0.5, 0.6) is 0 Å². The molecule has 76 valence electrons. The molecule has 1 fully saturated rings. The fourth-order valence-corrected chi connectivity index (χ4v) is 1.46. The first-order valence-corrected chi connectivity index (χ1v) is 4.34. The molecular formula is C8H15NO4. The van der Waals surface area contributed by atoms with Crippen LogP contribution in [0.4, 0.5) is 0 Å². The van der Waals surface area contributed by atoms with Gasteiger partial charge in [0.15, 0.2) is 0 Å².